The van der Waals surface area contributed by atoms with Crippen LogP contribution in [0.5, 0.6) is 5.75 Å². The fourth-order valence-corrected chi connectivity index (χ4v) is 3.21. The summed E-state index contributed by atoms with van der Waals surface area (Å²) in [5.74, 6) is 0.547. The Morgan fingerprint density at radius 1 is 1.21 bits per heavy atom. The first kappa shape index (κ1) is 16.2. The van der Waals surface area contributed by atoms with Crippen molar-refractivity contribution in [1.82, 2.24) is 9.34 Å². The maximum atomic E-state index is 12.8. The van der Waals surface area contributed by atoms with E-state index < -0.39 is 14.3 Å². The van der Waals surface area contributed by atoms with Crippen molar-refractivity contribution in [2.75, 3.05) is 28.2 Å². The maximum Gasteiger partial charge on any atom is 0.394 e. The molecule has 0 unspecified atom stereocenters. The summed E-state index contributed by atoms with van der Waals surface area (Å²) in [5, 5.41) is 0. The zero-order chi connectivity index (χ0) is 14.6. The van der Waals surface area contributed by atoms with Crippen LogP contribution in [0.1, 0.15) is 18.1 Å². The molecule has 0 amide bonds. The average molecular weight is 288 g/mol. The van der Waals surface area contributed by atoms with Gasteiger partial charge < -0.3 is 4.52 Å². The SMILES string of the molecule is CCc1cc(CF)ccc1OP(=O)(N(C)C)N(C)C. The van der Waals surface area contributed by atoms with Gasteiger partial charge in [-0.2, -0.15) is 0 Å². The van der Waals surface area contributed by atoms with Gasteiger partial charge in [0.15, 0.2) is 0 Å². The molecule has 0 aliphatic carbocycles. The summed E-state index contributed by atoms with van der Waals surface area (Å²) in [5.41, 5.74) is 1.47. The molecular weight excluding hydrogens is 266 g/mol. The highest BCUT2D eigenvalue weighted by Gasteiger charge is 2.31. The van der Waals surface area contributed by atoms with E-state index in [0.717, 1.165) is 5.56 Å². The van der Waals surface area contributed by atoms with E-state index in [1.165, 1.54) is 0 Å². The Labute approximate surface area is 114 Å². The zero-order valence-corrected chi connectivity index (χ0v) is 13.1. The van der Waals surface area contributed by atoms with Crippen LogP contribution in [0, 0.1) is 0 Å². The second-order valence-electron chi connectivity index (χ2n) is 4.71. The Kier molecular flexibility index (Phi) is 5.53. The van der Waals surface area contributed by atoms with E-state index in [0.29, 0.717) is 17.7 Å². The van der Waals surface area contributed by atoms with Crippen LogP contribution in [-0.4, -0.2) is 37.5 Å². The Bertz CT molecular complexity index is 466. The third kappa shape index (κ3) is 3.56. The van der Waals surface area contributed by atoms with Crippen molar-refractivity contribution in [3.8, 4) is 5.75 Å². The van der Waals surface area contributed by atoms with Gasteiger partial charge in [0.25, 0.3) is 0 Å². The second-order valence-corrected chi connectivity index (χ2v) is 7.47. The van der Waals surface area contributed by atoms with E-state index >= 15 is 0 Å². The van der Waals surface area contributed by atoms with Crippen molar-refractivity contribution >= 4 is 7.67 Å². The molecule has 4 nitrogen and oxygen atoms in total. The normalized spacial score (nSPS) is 12.2. The van der Waals surface area contributed by atoms with Crippen molar-refractivity contribution in [2.24, 2.45) is 0 Å². The minimum absolute atomic E-state index is 0.508. The third-order valence-electron chi connectivity index (χ3n) is 2.89. The van der Waals surface area contributed by atoms with Gasteiger partial charge in [0.2, 0.25) is 0 Å². The van der Waals surface area contributed by atoms with Crippen molar-refractivity contribution in [2.45, 2.75) is 20.0 Å². The molecule has 0 N–H and O–H groups in total. The fraction of sp³-hybridized carbons (Fsp3) is 0.538. The van der Waals surface area contributed by atoms with Crippen molar-refractivity contribution < 1.29 is 13.5 Å². The number of nitrogens with zero attached hydrogens (tertiary/aromatic N) is 2. The van der Waals surface area contributed by atoms with E-state index in [2.05, 4.69) is 0 Å². The van der Waals surface area contributed by atoms with E-state index in [-0.39, 0.29) is 0 Å². The van der Waals surface area contributed by atoms with Crippen LogP contribution in [0.25, 0.3) is 0 Å². The van der Waals surface area contributed by atoms with Gasteiger partial charge in [-0.05, 0) is 57.9 Å². The molecule has 0 saturated carbocycles. The lowest BCUT2D eigenvalue weighted by Crippen LogP contribution is -2.24. The molecule has 0 aliphatic heterocycles. The predicted octanol–water partition coefficient (Wildman–Crippen LogP) is 3.33. The molecule has 0 aromatic heterocycles. The third-order valence-corrected chi connectivity index (χ3v) is 5.34. The molecule has 0 radical (unpaired) electrons. The van der Waals surface area contributed by atoms with E-state index in [4.69, 9.17) is 4.52 Å². The van der Waals surface area contributed by atoms with Gasteiger partial charge in [-0.3, -0.25) is 0 Å². The van der Waals surface area contributed by atoms with E-state index in [1.807, 2.05) is 6.92 Å². The zero-order valence-electron chi connectivity index (χ0n) is 12.2. The molecule has 0 saturated heterocycles. The first-order valence-corrected chi connectivity index (χ1v) is 7.71. The minimum atomic E-state index is -3.08. The second kappa shape index (κ2) is 6.51. The predicted molar refractivity (Wildman–Crippen MR) is 76.2 cm³/mol. The summed E-state index contributed by atoms with van der Waals surface area (Å²) in [6.45, 7) is 1.45. The largest absolute Gasteiger partial charge is 0.422 e. The number of hydrogen-bond acceptors (Lipinski definition) is 2. The van der Waals surface area contributed by atoms with Gasteiger partial charge >= 0.3 is 7.67 Å². The highest BCUT2D eigenvalue weighted by Crippen LogP contribution is 2.51. The van der Waals surface area contributed by atoms with Gasteiger partial charge in [0.1, 0.15) is 12.4 Å². The monoisotopic (exact) mass is 288 g/mol. The van der Waals surface area contributed by atoms with Crippen LogP contribution < -0.4 is 4.52 Å². The van der Waals surface area contributed by atoms with Gasteiger partial charge in [-0.15, -0.1) is 0 Å². The highest BCUT2D eigenvalue weighted by molar-refractivity contribution is 7.54. The smallest absolute Gasteiger partial charge is 0.394 e. The molecule has 0 atom stereocenters. The number of rotatable bonds is 6. The molecular formula is C13H22FN2O2P. The van der Waals surface area contributed by atoms with Crippen LogP contribution in [-0.2, 0) is 17.7 Å². The number of alkyl halides is 1. The quantitative estimate of drug-likeness (QED) is 0.752. The summed E-state index contributed by atoms with van der Waals surface area (Å²) in [6, 6.07) is 5.10. The molecule has 0 aliphatic rings. The standard InChI is InChI=1S/C13H22FN2O2P/c1-6-12-9-11(10-14)7-8-13(12)18-19(17,15(2)3)16(4)5/h7-9H,6,10H2,1-5H3. The van der Waals surface area contributed by atoms with E-state index in [1.54, 1.807) is 55.7 Å². The average Bonchev–Trinajstić information content (AvgIpc) is 2.38. The van der Waals surface area contributed by atoms with Crippen molar-refractivity contribution in [3.63, 3.8) is 0 Å². The first-order chi connectivity index (χ1) is 8.85. The fourth-order valence-electron chi connectivity index (χ4n) is 1.73. The van der Waals surface area contributed by atoms with Gasteiger partial charge in [-0.1, -0.05) is 13.0 Å². The lowest BCUT2D eigenvalue weighted by molar-refractivity contribution is 0.352. The Morgan fingerprint density at radius 2 is 1.79 bits per heavy atom. The number of halogens is 1. The Morgan fingerprint density at radius 3 is 2.21 bits per heavy atom. The van der Waals surface area contributed by atoms with Crippen LogP contribution in [0.15, 0.2) is 18.2 Å². The first-order valence-electron chi connectivity index (χ1n) is 6.18. The van der Waals surface area contributed by atoms with Crippen molar-refractivity contribution in [3.05, 3.63) is 29.3 Å². The van der Waals surface area contributed by atoms with E-state index in [9.17, 15) is 8.96 Å². The summed E-state index contributed by atoms with van der Waals surface area (Å²) in [7, 11) is 3.77. The van der Waals surface area contributed by atoms with Gasteiger partial charge in [0, 0.05) is 0 Å². The number of benzene rings is 1. The molecule has 0 spiro atoms. The lowest BCUT2D eigenvalue weighted by atomic mass is 10.1. The lowest BCUT2D eigenvalue weighted by Gasteiger charge is -2.30. The molecule has 1 aromatic rings. The minimum Gasteiger partial charge on any atom is -0.422 e. The molecule has 108 valence electrons. The number of aryl methyl sites for hydroxylation is 1. The number of hydrogen-bond donors (Lipinski definition) is 0. The van der Waals surface area contributed by atoms with Crippen molar-refractivity contribution in [1.29, 1.82) is 0 Å². The molecule has 6 heteroatoms. The van der Waals surface area contributed by atoms with Crippen LogP contribution in [0.3, 0.4) is 0 Å². The summed E-state index contributed by atoms with van der Waals surface area (Å²) in [4.78, 5) is 0. The summed E-state index contributed by atoms with van der Waals surface area (Å²) in [6.07, 6.45) is 0.698. The maximum absolute atomic E-state index is 12.8. The Balaban J connectivity index is 3.14. The molecule has 0 bridgehead atoms. The van der Waals surface area contributed by atoms with Crippen LogP contribution >= 0.6 is 7.67 Å². The van der Waals surface area contributed by atoms with Crippen LogP contribution in [0.2, 0.25) is 0 Å². The molecule has 1 aromatic carbocycles. The molecule has 19 heavy (non-hydrogen) atoms. The molecule has 0 heterocycles. The topological polar surface area (TPSA) is 32.8 Å². The van der Waals surface area contributed by atoms with Gasteiger partial charge in [-0.25, -0.2) is 18.3 Å². The molecule has 0 fully saturated rings. The van der Waals surface area contributed by atoms with Gasteiger partial charge in [0.05, 0.1) is 0 Å². The summed E-state index contributed by atoms with van der Waals surface area (Å²) >= 11 is 0. The summed E-state index contributed by atoms with van der Waals surface area (Å²) < 4.78 is 34.3. The highest BCUT2D eigenvalue weighted by atomic mass is 31.2. The molecule has 1 rings (SSSR count). The Hall–Kier alpha value is -0.900. The van der Waals surface area contributed by atoms with Crippen LogP contribution in [0.4, 0.5) is 4.39 Å².